The molecule has 0 saturated carbocycles. The second kappa shape index (κ2) is 11.1. The van der Waals surface area contributed by atoms with Gasteiger partial charge in [0.1, 0.15) is 12.1 Å². The van der Waals surface area contributed by atoms with Gasteiger partial charge >= 0.3 is 0 Å². The van der Waals surface area contributed by atoms with E-state index in [0.717, 1.165) is 12.8 Å². The lowest BCUT2D eigenvalue weighted by Crippen LogP contribution is -2.56. The van der Waals surface area contributed by atoms with E-state index in [1.165, 1.54) is 9.80 Å². The first-order chi connectivity index (χ1) is 11.6. The van der Waals surface area contributed by atoms with E-state index in [1.807, 2.05) is 39.8 Å². The molecule has 0 spiro atoms. The fourth-order valence-corrected chi connectivity index (χ4v) is 2.88. The molecule has 0 saturated heterocycles. The van der Waals surface area contributed by atoms with Gasteiger partial charge in [-0.05, 0) is 39.4 Å². The summed E-state index contributed by atoms with van der Waals surface area (Å²) in [4.78, 5) is 42.2. The van der Waals surface area contributed by atoms with E-state index in [-0.39, 0.29) is 17.7 Å². The lowest BCUT2D eigenvalue weighted by Gasteiger charge is -2.36. The highest BCUT2D eigenvalue weighted by Gasteiger charge is 2.35. The predicted molar refractivity (Wildman–Crippen MR) is 99.8 cm³/mol. The average Bonchev–Trinajstić information content (AvgIpc) is 2.53. The van der Waals surface area contributed by atoms with Crippen molar-refractivity contribution in [3.63, 3.8) is 0 Å². The lowest BCUT2D eigenvalue weighted by molar-refractivity contribution is -0.148. The molecule has 3 amide bonds. The monoisotopic (exact) mass is 356 g/mol. The first-order valence-corrected chi connectivity index (χ1v) is 9.04. The summed E-state index contributed by atoms with van der Waals surface area (Å²) in [7, 11) is 7.10. The van der Waals surface area contributed by atoms with Crippen molar-refractivity contribution in [1.29, 1.82) is 0 Å². The average molecular weight is 357 g/mol. The van der Waals surface area contributed by atoms with E-state index in [4.69, 9.17) is 5.73 Å². The molecule has 3 atom stereocenters. The standard InChI is InChI=1S/C18H36N4O3/c1-8-10-15(23)21(6)14(11-12-20(4)5)18(25)22(7)16(17(19)24)13(3)9-2/h13-14,16H,8-12H2,1-7H3,(H2,19,24)/t13?,14-,16+/m1/s1. The van der Waals surface area contributed by atoms with E-state index in [2.05, 4.69) is 0 Å². The van der Waals surface area contributed by atoms with Crippen molar-refractivity contribution in [2.24, 2.45) is 11.7 Å². The zero-order valence-electron chi connectivity index (χ0n) is 16.9. The third kappa shape index (κ3) is 7.02. The maximum atomic E-state index is 13.1. The minimum Gasteiger partial charge on any atom is -0.368 e. The Morgan fingerprint density at radius 3 is 1.96 bits per heavy atom. The number of nitrogens with two attached hydrogens (primary N) is 1. The Morgan fingerprint density at radius 1 is 1.00 bits per heavy atom. The molecule has 2 N–H and O–H groups in total. The van der Waals surface area contributed by atoms with E-state index in [9.17, 15) is 14.4 Å². The number of hydrogen-bond donors (Lipinski definition) is 1. The summed E-state index contributed by atoms with van der Waals surface area (Å²) in [5, 5.41) is 0. The van der Waals surface area contributed by atoms with Gasteiger partial charge in [0.05, 0.1) is 0 Å². The Hall–Kier alpha value is -1.63. The number of hydrogen-bond acceptors (Lipinski definition) is 4. The molecular weight excluding hydrogens is 320 g/mol. The van der Waals surface area contributed by atoms with Crippen LogP contribution < -0.4 is 5.73 Å². The maximum absolute atomic E-state index is 13.1. The molecular formula is C18H36N4O3. The molecule has 1 unspecified atom stereocenters. The van der Waals surface area contributed by atoms with Crippen LogP contribution in [0.5, 0.6) is 0 Å². The SMILES string of the molecule is CCCC(=O)N(C)[C@H](CCN(C)C)C(=O)N(C)[C@H](C(N)=O)C(C)CC. The lowest BCUT2D eigenvalue weighted by atomic mass is 9.96. The van der Waals surface area contributed by atoms with Crippen LogP contribution in [-0.2, 0) is 14.4 Å². The van der Waals surface area contributed by atoms with Crippen molar-refractivity contribution < 1.29 is 14.4 Å². The van der Waals surface area contributed by atoms with Crippen LogP contribution in [-0.4, -0.2) is 79.2 Å². The summed E-state index contributed by atoms with van der Waals surface area (Å²) < 4.78 is 0. The van der Waals surface area contributed by atoms with Crippen LogP contribution in [0.25, 0.3) is 0 Å². The van der Waals surface area contributed by atoms with Crippen molar-refractivity contribution in [1.82, 2.24) is 14.7 Å². The summed E-state index contributed by atoms with van der Waals surface area (Å²) in [5.41, 5.74) is 5.54. The van der Waals surface area contributed by atoms with Gasteiger partial charge in [-0.3, -0.25) is 14.4 Å². The van der Waals surface area contributed by atoms with Gasteiger partial charge in [-0.2, -0.15) is 0 Å². The summed E-state index contributed by atoms with van der Waals surface area (Å²) in [6, 6.07) is -1.27. The topological polar surface area (TPSA) is 87.0 Å². The molecule has 0 aromatic heterocycles. The zero-order chi connectivity index (χ0) is 19.7. The molecule has 0 aromatic rings. The molecule has 7 heteroatoms. The summed E-state index contributed by atoms with van der Waals surface area (Å²) in [6.45, 7) is 6.46. The van der Waals surface area contributed by atoms with Gasteiger partial charge in [0.15, 0.2) is 0 Å². The number of amides is 3. The third-order valence-corrected chi connectivity index (χ3v) is 4.70. The smallest absolute Gasteiger partial charge is 0.245 e. The van der Waals surface area contributed by atoms with Crippen LogP contribution in [0.2, 0.25) is 0 Å². The molecule has 146 valence electrons. The van der Waals surface area contributed by atoms with Crippen LogP contribution in [0.3, 0.4) is 0 Å². The van der Waals surface area contributed by atoms with E-state index in [0.29, 0.717) is 19.4 Å². The summed E-state index contributed by atoms with van der Waals surface area (Å²) in [5.74, 6) is -0.859. The minimum atomic E-state index is -0.672. The summed E-state index contributed by atoms with van der Waals surface area (Å²) in [6.07, 6.45) is 2.37. The van der Waals surface area contributed by atoms with Crippen LogP contribution in [0, 0.1) is 5.92 Å². The van der Waals surface area contributed by atoms with Crippen molar-refractivity contribution in [3.05, 3.63) is 0 Å². The largest absolute Gasteiger partial charge is 0.368 e. The van der Waals surface area contributed by atoms with Gasteiger partial charge in [0.2, 0.25) is 17.7 Å². The molecule has 0 aliphatic rings. The van der Waals surface area contributed by atoms with E-state index in [1.54, 1.807) is 14.1 Å². The fourth-order valence-electron chi connectivity index (χ4n) is 2.88. The quantitative estimate of drug-likeness (QED) is 0.596. The van der Waals surface area contributed by atoms with Crippen molar-refractivity contribution in [2.75, 3.05) is 34.7 Å². The Bertz CT molecular complexity index is 454. The minimum absolute atomic E-state index is 0.0439. The highest BCUT2D eigenvalue weighted by atomic mass is 16.2. The molecule has 7 nitrogen and oxygen atoms in total. The highest BCUT2D eigenvalue weighted by molar-refractivity contribution is 5.91. The summed E-state index contributed by atoms with van der Waals surface area (Å²) >= 11 is 0. The molecule has 25 heavy (non-hydrogen) atoms. The van der Waals surface area contributed by atoms with Gasteiger partial charge in [0, 0.05) is 20.5 Å². The number of carbonyl (C=O) groups is 3. The van der Waals surface area contributed by atoms with Crippen LogP contribution >= 0.6 is 0 Å². The van der Waals surface area contributed by atoms with E-state index < -0.39 is 18.0 Å². The first kappa shape index (κ1) is 23.4. The predicted octanol–water partition coefficient (Wildman–Crippen LogP) is 0.924. The number of nitrogens with zero attached hydrogens (tertiary/aromatic N) is 3. The highest BCUT2D eigenvalue weighted by Crippen LogP contribution is 2.17. The number of primary amides is 1. The van der Waals surface area contributed by atoms with Crippen LogP contribution in [0.1, 0.15) is 46.5 Å². The number of rotatable bonds is 11. The molecule has 0 rings (SSSR count). The molecule has 0 aliphatic carbocycles. The molecule has 0 heterocycles. The molecule has 0 fully saturated rings. The molecule has 0 radical (unpaired) electrons. The third-order valence-electron chi connectivity index (χ3n) is 4.70. The Morgan fingerprint density at radius 2 is 1.56 bits per heavy atom. The van der Waals surface area contributed by atoms with Crippen LogP contribution in [0.4, 0.5) is 0 Å². The Labute approximate surface area is 152 Å². The second-order valence-corrected chi connectivity index (χ2v) is 7.04. The molecule has 0 bridgehead atoms. The van der Waals surface area contributed by atoms with Crippen molar-refractivity contribution in [2.45, 2.75) is 58.5 Å². The van der Waals surface area contributed by atoms with Crippen molar-refractivity contribution >= 4 is 17.7 Å². The Balaban J connectivity index is 5.48. The normalized spacial score (nSPS) is 14.7. The van der Waals surface area contributed by atoms with Crippen molar-refractivity contribution in [3.8, 4) is 0 Å². The van der Waals surface area contributed by atoms with Gasteiger partial charge in [-0.15, -0.1) is 0 Å². The number of carbonyl (C=O) groups excluding carboxylic acids is 3. The first-order valence-electron chi connectivity index (χ1n) is 9.04. The fraction of sp³-hybridized carbons (Fsp3) is 0.833. The second-order valence-electron chi connectivity index (χ2n) is 7.04. The molecule has 0 aliphatic heterocycles. The van der Waals surface area contributed by atoms with E-state index >= 15 is 0 Å². The Kier molecular flexibility index (Phi) is 10.4. The van der Waals surface area contributed by atoms with Gasteiger partial charge < -0.3 is 20.4 Å². The molecule has 0 aromatic carbocycles. The maximum Gasteiger partial charge on any atom is 0.245 e. The van der Waals surface area contributed by atoms with Gasteiger partial charge in [0.25, 0.3) is 0 Å². The number of likely N-dealkylation sites (N-methyl/N-ethyl adjacent to an activating group) is 2. The van der Waals surface area contributed by atoms with Crippen LogP contribution in [0.15, 0.2) is 0 Å². The van der Waals surface area contributed by atoms with Gasteiger partial charge in [-0.25, -0.2) is 0 Å². The van der Waals surface area contributed by atoms with Gasteiger partial charge in [-0.1, -0.05) is 27.2 Å². The zero-order valence-corrected chi connectivity index (χ0v) is 16.9.